The highest BCUT2D eigenvalue weighted by Gasteiger charge is 2.18. The Morgan fingerprint density at radius 1 is 1.12 bits per heavy atom. The van der Waals surface area contributed by atoms with Crippen molar-refractivity contribution in [3.8, 4) is 0 Å². The number of pyridine rings is 1. The fraction of sp³-hybridized carbons (Fsp3) is 0.214. The highest BCUT2D eigenvalue weighted by atomic mass is 35.5. The Morgan fingerprint density at radius 3 is 2.41 bits per heavy atom. The SMILES string of the molecule is CC(c1ccccn1)C(O)c1ccc(Cl)cc1. The number of rotatable bonds is 3. The first-order chi connectivity index (χ1) is 8.18. The topological polar surface area (TPSA) is 33.1 Å². The Bertz CT molecular complexity index is 469. The number of nitrogens with zero attached hydrogens (tertiary/aromatic N) is 1. The van der Waals surface area contributed by atoms with Crippen LogP contribution >= 0.6 is 11.6 Å². The van der Waals surface area contributed by atoms with Gasteiger partial charge in [0.15, 0.2) is 0 Å². The molecule has 1 heterocycles. The highest BCUT2D eigenvalue weighted by Crippen LogP contribution is 2.29. The molecule has 0 radical (unpaired) electrons. The minimum atomic E-state index is -0.567. The van der Waals surface area contributed by atoms with Crippen molar-refractivity contribution < 1.29 is 5.11 Å². The highest BCUT2D eigenvalue weighted by molar-refractivity contribution is 6.30. The molecular weight excluding hydrogens is 234 g/mol. The molecule has 1 aromatic heterocycles. The van der Waals surface area contributed by atoms with E-state index in [1.807, 2.05) is 37.3 Å². The van der Waals surface area contributed by atoms with Crippen LogP contribution in [0.15, 0.2) is 48.7 Å². The fourth-order valence-corrected chi connectivity index (χ4v) is 1.88. The van der Waals surface area contributed by atoms with Gasteiger partial charge in [-0.25, -0.2) is 0 Å². The first kappa shape index (κ1) is 12.1. The number of hydrogen-bond acceptors (Lipinski definition) is 2. The molecular formula is C14H14ClNO. The molecule has 2 aromatic rings. The van der Waals surface area contributed by atoms with Gasteiger partial charge < -0.3 is 5.11 Å². The zero-order chi connectivity index (χ0) is 12.3. The molecule has 2 unspecified atom stereocenters. The van der Waals surface area contributed by atoms with Crippen LogP contribution in [0.25, 0.3) is 0 Å². The van der Waals surface area contributed by atoms with Gasteiger partial charge in [0.05, 0.1) is 6.10 Å². The summed E-state index contributed by atoms with van der Waals surface area (Å²) in [6.07, 6.45) is 1.17. The molecule has 0 saturated heterocycles. The summed E-state index contributed by atoms with van der Waals surface area (Å²) in [5.41, 5.74) is 1.74. The molecule has 0 spiro atoms. The third-order valence-electron chi connectivity index (χ3n) is 2.84. The molecule has 0 aliphatic heterocycles. The predicted octanol–water partition coefficient (Wildman–Crippen LogP) is 3.57. The van der Waals surface area contributed by atoms with Gasteiger partial charge in [-0.15, -0.1) is 0 Å². The van der Waals surface area contributed by atoms with Gasteiger partial charge in [0.2, 0.25) is 0 Å². The summed E-state index contributed by atoms with van der Waals surface area (Å²) in [4.78, 5) is 4.26. The number of halogens is 1. The predicted molar refractivity (Wildman–Crippen MR) is 69.1 cm³/mol. The van der Waals surface area contributed by atoms with E-state index in [1.54, 1.807) is 18.3 Å². The second kappa shape index (κ2) is 5.30. The van der Waals surface area contributed by atoms with Gasteiger partial charge in [0, 0.05) is 22.8 Å². The summed E-state index contributed by atoms with van der Waals surface area (Å²) in [5, 5.41) is 10.9. The average molecular weight is 248 g/mol. The van der Waals surface area contributed by atoms with Crippen LogP contribution in [0, 0.1) is 0 Å². The smallest absolute Gasteiger partial charge is 0.0871 e. The molecule has 0 aliphatic carbocycles. The van der Waals surface area contributed by atoms with E-state index < -0.39 is 6.10 Å². The molecule has 1 N–H and O–H groups in total. The van der Waals surface area contributed by atoms with Crippen molar-refractivity contribution in [2.45, 2.75) is 18.9 Å². The molecule has 1 aromatic carbocycles. The monoisotopic (exact) mass is 247 g/mol. The van der Waals surface area contributed by atoms with Crippen molar-refractivity contribution in [1.82, 2.24) is 4.98 Å². The van der Waals surface area contributed by atoms with E-state index in [9.17, 15) is 5.11 Å². The first-order valence-corrected chi connectivity index (χ1v) is 5.91. The van der Waals surface area contributed by atoms with Crippen LogP contribution in [0.2, 0.25) is 5.02 Å². The largest absolute Gasteiger partial charge is 0.388 e. The van der Waals surface area contributed by atoms with Crippen molar-refractivity contribution in [3.05, 3.63) is 64.9 Å². The summed E-state index contributed by atoms with van der Waals surface area (Å²) in [6.45, 7) is 1.96. The van der Waals surface area contributed by atoms with Gasteiger partial charge in [-0.05, 0) is 29.8 Å². The van der Waals surface area contributed by atoms with Crippen molar-refractivity contribution in [3.63, 3.8) is 0 Å². The standard InChI is InChI=1S/C14H14ClNO/c1-10(13-4-2-3-9-16-13)14(17)11-5-7-12(15)8-6-11/h2-10,14,17H,1H3. The van der Waals surface area contributed by atoms with Crippen LogP contribution in [0.3, 0.4) is 0 Å². The van der Waals surface area contributed by atoms with Crippen LogP contribution in [0.4, 0.5) is 0 Å². The lowest BCUT2D eigenvalue weighted by Gasteiger charge is -2.18. The van der Waals surface area contributed by atoms with Gasteiger partial charge in [-0.1, -0.05) is 36.7 Å². The Morgan fingerprint density at radius 2 is 1.82 bits per heavy atom. The minimum Gasteiger partial charge on any atom is -0.388 e. The van der Waals surface area contributed by atoms with E-state index in [1.165, 1.54) is 0 Å². The molecule has 17 heavy (non-hydrogen) atoms. The number of aliphatic hydroxyl groups excluding tert-OH is 1. The fourth-order valence-electron chi connectivity index (χ4n) is 1.76. The summed E-state index contributed by atoms with van der Waals surface area (Å²) in [5.74, 6) is -0.0441. The van der Waals surface area contributed by atoms with Crippen LogP contribution in [-0.2, 0) is 0 Å². The summed E-state index contributed by atoms with van der Waals surface area (Å²) in [7, 11) is 0. The lowest BCUT2D eigenvalue weighted by Crippen LogP contribution is -2.08. The molecule has 2 nitrogen and oxygen atoms in total. The number of aliphatic hydroxyl groups is 1. The van der Waals surface area contributed by atoms with Crippen LogP contribution in [0.1, 0.15) is 30.2 Å². The van der Waals surface area contributed by atoms with Crippen molar-refractivity contribution >= 4 is 11.6 Å². The molecule has 2 atom stereocenters. The Hall–Kier alpha value is -1.38. The summed E-state index contributed by atoms with van der Waals surface area (Å²) < 4.78 is 0. The van der Waals surface area contributed by atoms with Gasteiger partial charge in [-0.3, -0.25) is 4.98 Å². The van der Waals surface area contributed by atoms with E-state index in [2.05, 4.69) is 4.98 Å². The minimum absolute atomic E-state index is 0.0441. The maximum atomic E-state index is 10.3. The molecule has 88 valence electrons. The van der Waals surface area contributed by atoms with Crippen molar-refractivity contribution in [1.29, 1.82) is 0 Å². The third kappa shape index (κ3) is 2.84. The lowest BCUT2D eigenvalue weighted by atomic mass is 9.94. The summed E-state index contributed by atoms with van der Waals surface area (Å²) >= 11 is 5.82. The van der Waals surface area contributed by atoms with Crippen molar-refractivity contribution in [2.75, 3.05) is 0 Å². The van der Waals surface area contributed by atoms with E-state index in [0.29, 0.717) is 5.02 Å². The van der Waals surface area contributed by atoms with E-state index >= 15 is 0 Å². The van der Waals surface area contributed by atoms with E-state index in [0.717, 1.165) is 11.3 Å². The van der Waals surface area contributed by atoms with Gasteiger partial charge in [0.25, 0.3) is 0 Å². The first-order valence-electron chi connectivity index (χ1n) is 5.53. The number of aromatic nitrogens is 1. The zero-order valence-electron chi connectivity index (χ0n) is 9.55. The van der Waals surface area contributed by atoms with E-state index in [4.69, 9.17) is 11.6 Å². The lowest BCUT2D eigenvalue weighted by molar-refractivity contribution is 0.150. The molecule has 0 bridgehead atoms. The maximum absolute atomic E-state index is 10.3. The molecule has 0 fully saturated rings. The Kier molecular flexibility index (Phi) is 3.77. The second-order valence-corrected chi connectivity index (χ2v) is 4.48. The second-order valence-electron chi connectivity index (χ2n) is 4.04. The normalized spacial score (nSPS) is 14.3. The molecule has 2 rings (SSSR count). The maximum Gasteiger partial charge on any atom is 0.0871 e. The van der Waals surface area contributed by atoms with Crippen LogP contribution in [-0.4, -0.2) is 10.1 Å². The molecule has 0 aliphatic rings. The number of hydrogen-bond donors (Lipinski definition) is 1. The molecule has 0 amide bonds. The van der Waals surface area contributed by atoms with Crippen LogP contribution < -0.4 is 0 Å². The van der Waals surface area contributed by atoms with Gasteiger partial charge in [-0.2, -0.15) is 0 Å². The zero-order valence-corrected chi connectivity index (χ0v) is 10.3. The Balaban J connectivity index is 2.20. The van der Waals surface area contributed by atoms with Crippen LogP contribution in [0.5, 0.6) is 0 Å². The third-order valence-corrected chi connectivity index (χ3v) is 3.09. The summed E-state index contributed by atoms with van der Waals surface area (Å²) in [6, 6.07) is 13.0. The number of benzene rings is 1. The van der Waals surface area contributed by atoms with Gasteiger partial charge >= 0.3 is 0 Å². The average Bonchev–Trinajstić information content (AvgIpc) is 2.39. The molecule has 3 heteroatoms. The Labute approximate surface area is 106 Å². The van der Waals surface area contributed by atoms with E-state index in [-0.39, 0.29) is 5.92 Å². The quantitative estimate of drug-likeness (QED) is 0.900. The molecule has 0 saturated carbocycles. The van der Waals surface area contributed by atoms with Crippen molar-refractivity contribution in [2.24, 2.45) is 0 Å². The van der Waals surface area contributed by atoms with Gasteiger partial charge in [0.1, 0.15) is 0 Å².